The van der Waals surface area contributed by atoms with Crippen molar-refractivity contribution < 1.29 is 9.90 Å². The van der Waals surface area contributed by atoms with Gasteiger partial charge < -0.3 is 17.7 Å². The van der Waals surface area contributed by atoms with Crippen molar-refractivity contribution >= 4 is 59.5 Å². The molecule has 1 aromatic carbocycles. The van der Waals surface area contributed by atoms with Gasteiger partial charge >= 0.3 is 5.97 Å². The Hall–Kier alpha value is -0.480. The third kappa shape index (κ3) is 2.98. The van der Waals surface area contributed by atoms with Gasteiger partial charge in [0.2, 0.25) is 0 Å². The molecule has 6 heteroatoms. The number of aliphatic carboxylic acids is 1. The van der Waals surface area contributed by atoms with Gasteiger partial charge in [0.05, 0.1) is 10.0 Å². The molecule has 0 spiro atoms. The van der Waals surface area contributed by atoms with Gasteiger partial charge in [0.1, 0.15) is 0 Å². The fraction of sp³-hybridized carbons (Fsp3) is 0. The van der Waals surface area contributed by atoms with Crippen molar-refractivity contribution in [2.75, 3.05) is 0 Å². The highest BCUT2D eigenvalue weighted by molar-refractivity contribution is 7.65. The summed E-state index contributed by atoms with van der Waals surface area (Å²) >= 11 is 22.0. The molecule has 0 amide bonds. The summed E-state index contributed by atoms with van der Waals surface area (Å²) in [5.41, 5.74) is 0.318. The number of benzene rings is 1. The largest absolute Gasteiger partial charge is 0.773 e. The third-order valence-electron chi connectivity index (χ3n) is 1.57. The monoisotopic (exact) mass is 281 g/mol. The van der Waals surface area contributed by atoms with Gasteiger partial charge in [-0.25, -0.2) is 4.79 Å². The second-order valence-electron chi connectivity index (χ2n) is 2.57. The van der Waals surface area contributed by atoms with Crippen LogP contribution in [0.15, 0.2) is 17.0 Å². The Labute approximate surface area is 107 Å². The lowest BCUT2D eigenvalue weighted by Gasteiger charge is -2.09. The molecular formula is C9H4Cl3O2S-. The van der Waals surface area contributed by atoms with Crippen LogP contribution in [0.5, 0.6) is 0 Å². The Balaban J connectivity index is 3.32. The molecule has 0 radical (unpaired) electrons. The Morgan fingerprint density at radius 2 is 1.80 bits per heavy atom. The zero-order chi connectivity index (χ0) is 11.6. The number of carboxylic acids is 1. The molecule has 2 nitrogen and oxygen atoms in total. The van der Waals surface area contributed by atoms with Gasteiger partial charge in [0.15, 0.2) is 0 Å². The number of rotatable bonds is 2. The molecule has 1 N–H and O–H groups in total. The lowest BCUT2D eigenvalue weighted by Crippen LogP contribution is -1.96. The van der Waals surface area contributed by atoms with Crippen molar-refractivity contribution in [2.24, 2.45) is 0 Å². The molecule has 1 rings (SSSR count). The minimum absolute atomic E-state index is 0.188. The molecule has 1 aromatic rings. The topological polar surface area (TPSA) is 37.3 Å². The van der Waals surface area contributed by atoms with Crippen LogP contribution in [-0.4, -0.2) is 11.1 Å². The van der Waals surface area contributed by atoms with Gasteiger partial charge in [-0.15, -0.1) is 0 Å². The van der Waals surface area contributed by atoms with Crippen LogP contribution in [-0.2, 0) is 17.4 Å². The van der Waals surface area contributed by atoms with Gasteiger partial charge in [-0.2, -0.15) is 0 Å². The van der Waals surface area contributed by atoms with E-state index in [9.17, 15) is 4.79 Å². The van der Waals surface area contributed by atoms with Crippen molar-refractivity contribution in [1.29, 1.82) is 0 Å². The molecule has 0 aliphatic rings. The van der Waals surface area contributed by atoms with Crippen LogP contribution >= 0.6 is 34.8 Å². The minimum atomic E-state index is -1.21. The summed E-state index contributed by atoms with van der Waals surface area (Å²) in [6.45, 7) is 0. The summed E-state index contributed by atoms with van der Waals surface area (Å²) < 4.78 is 0. The molecule has 80 valence electrons. The molecule has 0 bridgehead atoms. The highest BCUT2D eigenvalue weighted by Gasteiger charge is 2.07. The molecule has 0 fully saturated rings. The fourth-order valence-electron chi connectivity index (χ4n) is 0.868. The SMILES string of the molecule is O=C(O)/C([S-])=C/c1c(Cl)ccc(Cl)c1Cl. The van der Waals surface area contributed by atoms with Gasteiger partial charge in [-0.3, -0.25) is 0 Å². The summed E-state index contributed by atoms with van der Waals surface area (Å²) in [7, 11) is 0. The first-order valence-corrected chi connectivity index (χ1v) is 5.23. The number of hydrogen-bond donors (Lipinski definition) is 1. The van der Waals surface area contributed by atoms with Gasteiger partial charge in [-0.05, 0) is 12.1 Å². The maximum atomic E-state index is 10.5. The minimum Gasteiger partial charge on any atom is -0.773 e. The molecule has 0 saturated heterocycles. The summed E-state index contributed by atoms with van der Waals surface area (Å²) in [6.07, 6.45) is 1.20. The smallest absolute Gasteiger partial charge is 0.308 e. The summed E-state index contributed by atoms with van der Waals surface area (Å²) in [4.78, 5) is 10.2. The van der Waals surface area contributed by atoms with Crippen LogP contribution in [0.25, 0.3) is 6.08 Å². The van der Waals surface area contributed by atoms with Gasteiger partial charge in [0, 0.05) is 10.6 Å². The Morgan fingerprint density at radius 3 is 2.33 bits per heavy atom. The molecule has 0 unspecified atom stereocenters. The first-order valence-electron chi connectivity index (χ1n) is 3.69. The van der Waals surface area contributed by atoms with E-state index in [1.165, 1.54) is 18.2 Å². The second-order valence-corrected chi connectivity index (χ2v) is 4.20. The van der Waals surface area contributed by atoms with Crippen LogP contribution in [0.4, 0.5) is 0 Å². The van der Waals surface area contributed by atoms with Crippen molar-refractivity contribution in [3.8, 4) is 0 Å². The van der Waals surface area contributed by atoms with Crippen molar-refractivity contribution in [2.45, 2.75) is 0 Å². The molecule has 0 aliphatic heterocycles. The quantitative estimate of drug-likeness (QED) is 0.511. The van der Waals surface area contributed by atoms with Crippen LogP contribution < -0.4 is 0 Å². The first kappa shape index (κ1) is 12.6. The zero-order valence-electron chi connectivity index (χ0n) is 7.13. The first-order chi connectivity index (χ1) is 6.93. The molecule has 0 saturated carbocycles. The average Bonchev–Trinajstić information content (AvgIpc) is 2.18. The molecule has 0 atom stereocenters. The van der Waals surface area contributed by atoms with E-state index in [-0.39, 0.29) is 9.93 Å². The van der Waals surface area contributed by atoms with E-state index in [2.05, 4.69) is 12.6 Å². The van der Waals surface area contributed by atoms with E-state index in [0.29, 0.717) is 15.6 Å². The number of hydrogen-bond acceptors (Lipinski definition) is 2. The third-order valence-corrected chi connectivity index (χ3v) is 3.01. The molecule has 15 heavy (non-hydrogen) atoms. The molecular weight excluding hydrogens is 279 g/mol. The van der Waals surface area contributed by atoms with E-state index in [4.69, 9.17) is 39.9 Å². The van der Waals surface area contributed by atoms with E-state index in [0.717, 1.165) is 0 Å². The highest BCUT2D eigenvalue weighted by atomic mass is 35.5. The van der Waals surface area contributed by atoms with E-state index >= 15 is 0 Å². The van der Waals surface area contributed by atoms with E-state index in [1.807, 2.05) is 0 Å². The highest BCUT2D eigenvalue weighted by Crippen LogP contribution is 2.32. The number of halogens is 3. The lowest BCUT2D eigenvalue weighted by atomic mass is 10.2. The summed E-state index contributed by atoms with van der Waals surface area (Å²) in [5, 5.41) is 9.38. The maximum absolute atomic E-state index is 10.5. The van der Waals surface area contributed by atoms with Crippen LogP contribution in [0.3, 0.4) is 0 Å². The van der Waals surface area contributed by atoms with Gasteiger partial charge in [-0.1, -0.05) is 45.8 Å². The lowest BCUT2D eigenvalue weighted by molar-refractivity contribution is -0.131. The number of carboxylic acid groups (broad SMARTS) is 1. The Bertz CT molecular complexity index is 443. The normalized spacial score (nSPS) is 11.5. The molecule has 0 aliphatic carbocycles. The predicted molar refractivity (Wildman–Crippen MR) is 64.4 cm³/mol. The zero-order valence-corrected chi connectivity index (χ0v) is 10.2. The Kier molecular flexibility index (Phi) is 4.22. The van der Waals surface area contributed by atoms with Crippen molar-refractivity contribution in [3.05, 3.63) is 37.7 Å². The Morgan fingerprint density at radius 1 is 1.27 bits per heavy atom. The average molecular weight is 283 g/mol. The van der Waals surface area contributed by atoms with Crippen LogP contribution in [0.1, 0.15) is 5.56 Å². The molecule has 0 aromatic heterocycles. The second kappa shape index (κ2) is 5.03. The summed E-state index contributed by atoms with van der Waals surface area (Å²) in [6, 6.07) is 3.04. The fourth-order valence-corrected chi connectivity index (χ4v) is 1.63. The maximum Gasteiger partial charge on any atom is 0.308 e. The van der Waals surface area contributed by atoms with Crippen molar-refractivity contribution in [3.63, 3.8) is 0 Å². The van der Waals surface area contributed by atoms with Crippen molar-refractivity contribution in [1.82, 2.24) is 0 Å². The van der Waals surface area contributed by atoms with Crippen LogP contribution in [0, 0.1) is 0 Å². The van der Waals surface area contributed by atoms with Crippen LogP contribution in [0.2, 0.25) is 15.1 Å². The molecule has 0 heterocycles. The standard InChI is InChI=1S/C9H5Cl3O2S/c10-5-1-2-6(11)8(12)4(5)3-7(15)9(13)14/h1-3,15H,(H,13,14)/p-1/b7-3-. The summed E-state index contributed by atoms with van der Waals surface area (Å²) in [5.74, 6) is -1.21. The van der Waals surface area contributed by atoms with E-state index < -0.39 is 5.97 Å². The number of carbonyl (C=O) groups is 1. The van der Waals surface area contributed by atoms with E-state index in [1.54, 1.807) is 0 Å². The van der Waals surface area contributed by atoms with Gasteiger partial charge in [0.25, 0.3) is 0 Å². The predicted octanol–water partition coefficient (Wildman–Crippen LogP) is 3.62.